The molecular formula is C34H35N3O6. The summed E-state index contributed by atoms with van der Waals surface area (Å²) in [5.74, 6) is -0.404. The predicted molar refractivity (Wildman–Crippen MR) is 162 cm³/mol. The average molecular weight is 582 g/mol. The summed E-state index contributed by atoms with van der Waals surface area (Å²) < 4.78 is 11.6. The van der Waals surface area contributed by atoms with Gasteiger partial charge in [-0.1, -0.05) is 30.7 Å². The van der Waals surface area contributed by atoms with Gasteiger partial charge in [0.2, 0.25) is 11.8 Å². The van der Waals surface area contributed by atoms with Crippen LogP contribution >= 0.6 is 0 Å². The van der Waals surface area contributed by atoms with E-state index in [9.17, 15) is 19.2 Å². The van der Waals surface area contributed by atoms with Crippen LogP contribution in [0.4, 0.5) is 11.4 Å². The van der Waals surface area contributed by atoms with E-state index in [1.54, 1.807) is 48.3 Å². The Bertz CT molecular complexity index is 1650. The molecule has 43 heavy (non-hydrogen) atoms. The highest BCUT2D eigenvalue weighted by atomic mass is 16.5. The third-order valence-electron chi connectivity index (χ3n) is 9.30. The molecule has 6 rings (SSSR count). The predicted octanol–water partition coefficient (Wildman–Crippen LogP) is 4.97. The van der Waals surface area contributed by atoms with Crippen LogP contribution in [-0.4, -0.2) is 55.3 Å². The van der Waals surface area contributed by atoms with Crippen molar-refractivity contribution in [2.75, 3.05) is 30.6 Å². The fourth-order valence-electron chi connectivity index (χ4n) is 7.09. The molecule has 9 heteroatoms. The van der Waals surface area contributed by atoms with E-state index < -0.39 is 36.2 Å². The number of anilines is 2. The van der Waals surface area contributed by atoms with Crippen LogP contribution in [0.1, 0.15) is 62.2 Å². The molecule has 0 spiro atoms. The molecule has 0 bridgehead atoms. The molecule has 3 aromatic carbocycles. The minimum atomic E-state index is -0.482. The minimum Gasteiger partial charge on any atom is -0.496 e. The number of para-hydroxylation sites is 2. The molecule has 3 aliphatic rings. The first kappa shape index (κ1) is 28.5. The van der Waals surface area contributed by atoms with E-state index in [2.05, 4.69) is 0 Å². The van der Waals surface area contributed by atoms with Gasteiger partial charge in [-0.3, -0.25) is 24.1 Å². The molecule has 2 unspecified atom stereocenters. The van der Waals surface area contributed by atoms with E-state index in [0.717, 1.165) is 39.3 Å². The normalized spacial score (nSPS) is 19.3. The molecule has 4 amide bonds. The van der Waals surface area contributed by atoms with Gasteiger partial charge in [-0.05, 0) is 74.6 Å². The summed E-state index contributed by atoms with van der Waals surface area (Å²) in [6.45, 7) is 5.75. The van der Waals surface area contributed by atoms with Crippen molar-refractivity contribution in [2.45, 2.75) is 52.6 Å². The smallest absolute Gasteiger partial charge is 0.262 e. The second kappa shape index (κ2) is 10.9. The van der Waals surface area contributed by atoms with Crippen LogP contribution in [-0.2, 0) is 16.1 Å². The van der Waals surface area contributed by atoms with Crippen molar-refractivity contribution in [3.63, 3.8) is 0 Å². The molecule has 2 aliphatic heterocycles. The Morgan fingerprint density at radius 2 is 1.35 bits per heavy atom. The summed E-state index contributed by atoms with van der Waals surface area (Å²) in [7, 11) is 3.26. The molecule has 2 heterocycles. The van der Waals surface area contributed by atoms with Gasteiger partial charge >= 0.3 is 0 Å². The van der Waals surface area contributed by atoms with E-state index in [1.807, 2.05) is 45.0 Å². The summed E-state index contributed by atoms with van der Waals surface area (Å²) in [6, 6.07) is 13.6. The van der Waals surface area contributed by atoms with Gasteiger partial charge in [-0.2, -0.15) is 0 Å². The van der Waals surface area contributed by atoms with E-state index in [4.69, 9.17) is 9.47 Å². The molecule has 0 saturated heterocycles. The lowest BCUT2D eigenvalue weighted by atomic mass is 9.96. The van der Waals surface area contributed by atoms with E-state index in [-0.39, 0.29) is 12.5 Å². The third kappa shape index (κ3) is 4.37. The summed E-state index contributed by atoms with van der Waals surface area (Å²) in [4.78, 5) is 59.2. The van der Waals surface area contributed by atoms with Crippen LogP contribution in [0.2, 0.25) is 0 Å². The summed E-state index contributed by atoms with van der Waals surface area (Å²) in [5, 5.41) is 0. The molecule has 0 radical (unpaired) electrons. The molecule has 222 valence electrons. The van der Waals surface area contributed by atoms with Gasteiger partial charge < -0.3 is 19.3 Å². The van der Waals surface area contributed by atoms with Crippen molar-refractivity contribution in [2.24, 2.45) is 5.92 Å². The Morgan fingerprint density at radius 3 is 1.98 bits per heavy atom. The van der Waals surface area contributed by atoms with Crippen LogP contribution in [0.5, 0.6) is 11.5 Å². The highest BCUT2D eigenvalue weighted by Crippen LogP contribution is 2.45. The number of hydrogen-bond donors (Lipinski definition) is 0. The minimum absolute atomic E-state index is 0.0652. The number of amides is 4. The van der Waals surface area contributed by atoms with Crippen molar-refractivity contribution in [1.29, 1.82) is 0 Å². The highest BCUT2D eigenvalue weighted by Gasteiger charge is 2.47. The monoisotopic (exact) mass is 581 g/mol. The number of carbonyl (C=O) groups excluding carboxylic acids is 4. The number of imide groups is 1. The zero-order valence-electron chi connectivity index (χ0n) is 25.1. The topological polar surface area (TPSA) is 96.5 Å². The molecule has 0 N–H and O–H groups in total. The lowest BCUT2D eigenvalue weighted by molar-refractivity contribution is -0.123. The van der Waals surface area contributed by atoms with Crippen molar-refractivity contribution < 1.29 is 28.7 Å². The molecule has 1 saturated carbocycles. The average Bonchev–Trinajstić information content (AvgIpc) is 3.56. The zero-order valence-corrected chi connectivity index (χ0v) is 25.1. The fourth-order valence-corrected chi connectivity index (χ4v) is 7.09. The summed E-state index contributed by atoms with van der Waals surface area (Å²) in [6.07, 6.45) is 2.07. The first-order chi connectivity index (χ1) is 20.7. The second-order valence-electron chi connectivity index (χ2n) is 11.4. The van der Waals surface area contributed by atoms with Crippen molar-refractivity contribution in [3.05, 3.63) is 81.9 Å². The Hall–Kier alpha value is -4.66. The Kier molecular flexibility index (Phi) is 7.20. The molecule has 9 nitrogen and oxygen atoms in total. The van der Waals surface area contributed by atoms with Crippen molar-refractivity contribution >= 4 is 35.0 Å². The second-order valence-corrected chi connectivity index (χ2v) is 11.4. The lowest BCUT2D eigenvalue weighted by Crippen LogP contribution is -2.49. The maximum absolute atomic E-state index is 14.4. The molecule has 1 aliphatic carbocycles. The Balaban J connectivity index is 1.42. The zero-order chi connectivity index (χ0) is 30.6. The maximum atomic E-state index is 14.4. The van der Waals surface area contributed by atoms with E-state index in [0.29, 0.717) is 41.1 Å². The van der Waals surface area contributed by atoms with Crippen LogP contribution in [0.15, 0.2) is 48.5 Å². The van der Waals surface area contributed by atoms with Crippen LogP contribution in [0.25, 0.3) is 0 Å². The SMILES string of the molecule is COc1c(C)c(C)c(OC)c(CN2C(=O)C3CCCC3N(C(=O)CN3C(=O)c4ccccc4C3=O)c3ccccc32)c1C. The molecule has 1 fully saturated rings. The van der Waals surface area contributed by atoms with Crippen LogP contribution in [0.3, 0.4) is 0 Å². The number of hydrogen-bond acceptors (Lipinski definition) is 6. The van der Waals surface area contributed by atoms with Gasteiger partial charge in [0.05, 0.1) is 49.2 Å². The Labute approximate surface area is 251 Å². The fraction of sp³-hybridized carbons (Fsp3) is 0.353. The number of nitrogens with zero attached hydrogens (tertiary/aromatic N) is 3. The van der Waals surface area contributed by atoms with E-state index in [1.165, 1.54) is 0 Å². The van der Waals surface area contributed by atoms with Crippen molar-refractivity contribution in [3.8, 4) is 11.5 Å². The molecule has 3 aromatic rings. The quantitative estimate of drug-likeness (QED) is 0.382. The third-order valence-corrected chi connectivity index (χ3v) is 9.30. The van der Waals surface area contributed by atoms with Gasteiger partial charge in [0.25, 0.3) is 11.8 Å². The van der Waals surface area contributed by atoms with E-state index >= 15 is 0 Å². The van der Waals surface area contributed by atoms with Gasteiger partial charge in [0, 0.05) is 11.6 Å². The summed E-state index contributed by atoms with van der Waals surface area (Å²) >= 11 is 0. The molecular weight excluding hydrogens is 546 g/mol. The number of rotatable bonds is 6. The number of methoxy groups -OCH3 is 2. The molecule has 2 atom stereocenters. The first-order valence-corrected chi connectivity index (χ1v) is 14.6. The Morgan fingerprint density at radius 1 is 0.767 bits per heavy atom. The lowest BCUT2D eigenvalue weighted by Gasteiger charge is -2.31. The van der Waals surface area contributed by atoms with Crippen LogP contribution in [0, 0.1) is 26.7 Å². The van der Waals surface area contributed by atoms with Crippen LogP contribution < -0.4 is 19.3 Å². The first-order valence-electron chi connectivity index (χ1n) is 14.6. The standard InChI is InChI=1S/C34H35N3O6/c1-19-20(2)31(43-5)25(21(3)30(19)42-4)17-35-27-14-8-9-15-28(27)37(26-16-10-13-24(26)34(35)41)29(38)18-36-32(39)22-11-6-7-12-23(22)33(36)40/h6-9,11-12,14-15,24,26H,10,13,16-18H2,1-5H3. The number of benzene rings is 3. The number of carbonyl (C=O) groups is 4. The van der Waals surface area contributed by atoms with Gasteiger partial charge in [0.1, 0.15) is 18.0 Å². The highest BCUT2D eigenvalue weighted by molar-refractivity contribution is 6.23. The molecule has 0 aromatic heterocycles. The number of ether oxygens (including phenoxy) is 2. The summed E-state index contributed by atoms with van der Waals surface area (Å²) in [5.41, 5.74) is 5.41. The van der Waals surface area contributed by atoms with Gasteiger partial charge in [-0.25, -0.2) is 0 Å². The number of fused-ring (bicyclic) bond motifs is 3. The largest absolute Gasteiger partial charge is 0.496 e. The van der Waals surface area contributed by atoms with Crippen molar-refractivity contribution in [1.82, 2.24) is 4.90 Å². The van der Waals surface area contributed by atoms with Gasteiger partial charge in [0.15, 0.2) is 0 Å². The maximum Gasteiger partial charge on any atom is 0.262 e. The van der Waals surface area contributed by atoms with Gasteiger partial charge in [-0.15, -0.1) is 0 Å².